The predicted molar refractivity (Wildman–Crippen MR) is 53.8 cm³/mol. The summed E-state index contributed by atoms with van der Waals surface area (Å²) in [6, 6.07) is 0. The maximum Gasteiger partial charge on any atom is 0.0780 e. The van der Waals surface area contributed by atoms with Crippen molar-refractivity contribution in [1.82, 2.24) is 0 Å². The lowest BCUT2D eigenvalue weighted by molar-refractivity contribution is -0.870. The van der Waals surface area contributed by atoms with Gasteiger partial charge in [-0.1, -0.05) is 27.2 Å². The van der Waals surface area contributed by atoms with Crippen molar-refractivity contribution in [3.8, 4) is 0 Å². The Morgan fingerprint density at radius 3 is 1.82 bits per heavy atom. The molecule has 0 aromatic heterocycles. The van der Waals surface area contributed by atoms with Gasteiger partial charge in [-0.2, -0.15) is 0 Å². The van der Waals surface area contributed by atoms with Crippen LogP contribution in [0.2, 0.25) is 0 Å². The Labute approximate surface area is 73.0 Å². The van der Waals surface area contributed by atoms with Crippen LogP contribution in [-0.2, 0) is 0 Å². The van der Waals surface area contributed by atoms with E-state index in [1.165, 1.54) is 32.2 Å². The van der Waals surface area contributed by atoms with Gasteiger partial charge in [0.15, 0.2) is 0 Å². The zero-order chi connectivity index (χ0) is 8.04. The molecule has 0 unspecified atom stereocenters. The molecule has 0 aliphatic heterocycles. The third kappa shape index (κ3) is 13.0. The zero-order valence-corrected chi connectivity index (χ0v) is 7.98. The van der Waals surface area contributed by atoms with E-state index < -0.39 is 0 Å². The Hall–Kier alpha value is -0.0400. The summed E-state index contributed by atoms with van der Waals surface area (Å²) in [5.41, 5.74) is 0. The van der Waals surface area contributed by atoms with Gasteiger partial charge in [0.2, 0.25) is 0 Å². The molecule has 0 fully saturated rings. The van der Waals surface area contributed by atoms with Crippen LogP contribution in [0.3, 0.4) is 0 Å². The van der Waals surface area contributed by atoms with Gasteiger partial charge in [-0.3, -0.25) is 0 Å². The highest BCUT2D eigenvalue weighted by molar-refractivity contribution is 4.38. The van der Waals surface area contributed by atoms with Gasteiger partial charge in [-0.05, 0) is 12.8 Å². The highest BCUT2D eigenvalue weighted by Gasteiger charge is 2.04. The Bertz CT molecular complexity index is 71.4. The standard InChI is InChI=1S/C9H22N.CH4/c1-5-6-7-8-9-10(2,3)4;/h5-9H2,1-4H3;1H4/q+1;. The van der Waals surface area contributed by atoms with Crippen LogP contribution in [0.4, 0.5) is 0 Å². The normalized spacial score (nSPS) is 10.9. The molecule has 0 heterocycles. The van der Waals surface area contributed by atoms with E-state index in [1.54, 1.807) is 0 Å². The molecule has 0 saturated carbocycles. The summed E-state index contributed by atoms with van der Waals surface area (Å²) in [7, 11) is 6.77. The van der Waals surface area contributed by atoms with Crippen LogP contribution in [0, 0.1) is 0 Å². The SMILES string of the molecule is C.CCCCCC[N+](C)(C)C. The summed E-state index contributed by atoms with van der Waals surface area (Å²) in [6.07, 6.45) is 5.54. The minimum atomic E-state index is 0. The van der Waals surface area contributed by atoms with E-state index in [4.69, 9.17) is 0 Å². The number of nitrogens with zero attached hydrogens (tertiary/aromatic N) is 1. The lowest BCUT2D eigenvalue weighted by Crippen LogP contribution is -2.35. The monoisotopic (exact) mass is 160 g/mol. The van der Waals surface area contributed by atoms with Crippen LogP contribution in [0.5, 0.6) is 0 Å². The molecule has 0 bridgehead atoms. The van der Waals surface area contributed by atoms with E-state index in [9.17, 15) is 0 Å². The van der Waals surface area contributed by atoms with Gasteiger partial charge in [-0.15, -0.1) is 0 Å². The van der Waals surface area contributed by atoms with Crippen molar-refractivity contribution >= 4 is 0 Å². The van der Waals surface area contributed by atoms with E-state index >= 15 is 0 Å². The predicted octanol–water partition coefficient (Wildman–Crippen LogP) is 2.91. The van der Waals surface area contributed by atoms with Crippen molar-refractivity contribution in [1.29, 1.82) is 0 Å². The molecule has 0 amide bonds. The quantitative estimate of drug-likeness (QED) is 0.428. The molecular weight excluding hydrogens is 134 g/mol. The van der Waals surface area contributed by atoms with E-state index in [1.807, 2.05) is 0 Å². The van der Waals surface area contributed by atoms with Gasteiger partial charge < -0.3 is 4.48 Å². The van der Waals surface area contributed by atoms with Crippen molar-refractivity contribution in [2.45, 2.75) is 40.0 Å². The topological polar surface area (TPSA) is 0 Å². The molecule has 0 aliphatic rings. The van der Waals surface area contributed by atoms with Crippen LogP contribution in [0.25, 0.3) is 0 Å². The molecule has 0 radical (unpaired) electrons. The smallest absolute Gasteiger partial charge is 0.0780 e. The molecule has 0 aliphatic carbocycles. The molecule has 0 aromatic rings. The van der Waals surface area contributed by atoms with Crippen molar-refractivity contribution in [3.05, 3.63) is 0 Å². The summed E-state index contributed by atoms with van der Waals surface area (Å²) in [5.74, 6) is 0. The molecule has 70 valence electrons. The maximum atomic E-state index is 2.26. The molecule has 0 spiro atoms. The van der Waals surface area contributed by atoms with Gasteiger partial charge in [0.25, 0.3) is 0 Å². The molecule has 0 aromatic carbocycles. The third-order valence-electron chi connectivity index (χ3n) is 1.68. The first kappa shape index (κ1) is 13.5. The second-order valence-electron chi connectivity index (χ2n) is 4.07. The Balaban J connectivity index is 0. The first-order chi connectivity index (χ1) is 4.56. The fraction of sp³-hybridized carbons (Fsp3) is 1.00. The van der Waals surface area contributed by atoms with Crippen LogP contribution < -0.4 is 0 Å². The van der Waals surface area contributed by atoms with Gasteiger partial charge in [0, 0.05) is 0 Å². The average molecular weight is 160 g/mol. The lowest BCUT2D eigenvalue weighted by Gasteiger charge is -2.23. The number of hydrogen-bond acceptors (Lipinski definition) is 0. The van der Waals surface area contributed by atoms with E-state index in [0.29, 0.717) is 0 Å². The summed E-state index contributed by atoms with van der Waals surface area (Å²) in [4.78, 5) is 0. The van der Waals surface area contributed by atoms with Crippen LogP contribution in [-0.4, -0.2) is 32.2 Å². The van der Waals surface area contributed by atoms with Crippen LogP contribution in [0.15, 0.2) is 0 Å². The van der Waals surface area contributed by atoms with Gasteiger partial charge >= 0.3 is 0 Å². The highest BCUT2D eigenvalue weighted by atomic mass is 15.3. The largest absolute Gasteiger partial charge is 0.331 e. The first-order valence-electron chi connectivity index (χ1n) is 4.36. The number of quaternary nitrogens is 1. The second-order valence-corrected chi connectivity index (χ2v) is 4.07. The third-order valence-corrected chi connectivity index (χ3v) is 1.68. The zero-order valence-electron chi connectivity index (χ0n) is 7.98. The molecule has 0 atom stereocenters. The van der Waals surface area contributed by atoms with Crippen LogP contribution >= 0.6 is 0 Å². The van der Waals surface area contributed by atoms with Crippen molar-refractivity contribution in [3.63, 3.8) is 0 Å². The molecular formula is C10H26N+. The number of unbranched alkanes of at least 4 members (excludes halogenated alkanes) is 3. The minimum Gasteiger partial charge on any atom is -0.331 e. The van der Waals surface area contributed by atoms with E-state index in [0.717, 1.165) is 4.48 Å². The fourth-order valence-electron chi connectivity index (χ4n) is 1.01. The van der Waals surface area contributed by atoms with Crippen molar-refractivity contribution < 1.29 is 4.48 Å². The molecule has 0 rings (SSSR count). The van der Waals surface area contributed by atoms with Gasteiger partial charge in [0.1, 0.15) is 0 Å². The summed E-state index contributed by atoms with van der Waals surface area (Å²) in [6.45, 7) is 3.58. The second kappa shape index (κ2) is 6.66. The summed E-state index contributed by atoms with van der Waals surface area (Å²) >= 11 is 0. The molecule has 0 N–H and O–H groups in total. The highest BCUT2D eigenvalue weighted by Crippen LogP contribution is 2.01. The van der Waals surface area contributed by atoms with Gasteiger partial charge in [0.05, 0.1) is 27.7 Å². The number of rotatable bonds is 5. The van der Waals surface area contributed by atoms with E-state index in [2.05, 4.69) is 28.1 Å². The average Bonchev–Trinajstić information content (AvgIpc) is 1.78. The minimum absolute atomic E-state index is 0. The first-order valence-corrected chi connectivity index (χ1v) is 4.36. The van der Waals surface area contributed by atoms with Crippen LogP contribution in [0.1, 0.15) is 40.0 Å². The molecule has 1 nitrogen and oxygen atoms in total. The fourth-order valence-corrected chi connectivity index (χ4v) is 1.01. The Morgan fingerprint density at radius 2 is 1.45 bits per heavy atom. The Kier molecular flexibility index (Phi) is 8.20. The lowest BCUT2D eigenvalue weighted by atomic mass is 10.2. The van der Waals surface area contributed by atoms with Gasteiger partial charge in [-0.25, -0.2) is 0 Å². The number of hydrogen-bond donors (Lipinski definition) is 0. The molecule has 0 saturated heterocycles. The van der Waals surface area contributed by atoms with Crippen molar-refractivity contribution in [2.24, 2.45) is 0 Å². The molecule has 11 heavy (non-hydrogen) atoms. The van der Waals surface area contributed by atoms with Crippen molar-refractivity contribution in [2.75, 3.05) is 27.7 Å². The summed E-state index contributed by atoms with van der Waals surface area (Å²) in [5, 5.41) is 0. The van der Waals surface area contributed by atoms with E-state index in [-0.39, 0.29) is 7.43 Å². The molecule has 1 heteroatoms. The summed E-state index contributed by atoms with van der Waals surface area (Å²) < 4.78 is 1.11. The maximum absolute atomic E-state index is 2.26. The Morgan fingerprint density at radius 1 is 0.909 bits per heavy atom.